The van der Waals surface area contributed by atoms with Crippen molar-refractivity contribution >= 4 is 11.9 Å². The molecule has 0 spiro atoms. The Kier molecular flexibility index (Phi) is 4.10. The van der Waals surface area contributed by atoms with Gasteiger partial charge in [0.05, 0.1) is 5.56 Å². The van der Waals surface area contributed by atoms with Crippen molar-refractivity contribution in [2.24, 2.45) is 0 Å². The number of aromatic nitrogens is 1. The molecule has 1 atom stereocenters. The molecule has 1 N–H and O–H groups in total. The summed E-state index contributed by atoms with van der Waals surface area (Å²) in [5.41, 5.74) is 2.86. The Morgan fingerprint density at radius 2 is 1.96 bits per heavy atom. The van der Waals surface area contributed by atoms with Crippen molar-refractivity contribution in [1.29, 1.82) is 0 Å². The highest BCUT2D eigenvalue weighted by Crippen LogP contribution is 2.24. The predicted molar refractivity (Wildman–Crippen MR) is 85.5 cm³/mol. The lowest BCUT2D eigenvalue weighted by Crippen LogP contribution is -2.41. The van der Waals surface area contributed by atoms with E-state index in [1.54, 1.807) is 11.9 Å². The van der Waals surface area contributed by atoms with E-state index in [1.165, 1.54) is 29.5 Å². The van der Waals surface area contributed by atoms with Crippen molar-refractivity contribution in [3.05, 3.63) is 65.0 Å². The first-order valence-corrected chi connectivity index (χ1v) is 7.59. The van der Waals surface area contributed by atoms with E-state index >= 15 is 0 Å². The Morgan fingerprint density at radius 3 is 2.70 bits per heavy atom. The third-order valence-corrected chi connectivity index (χ3v) is 4.41. The molecule has 3 rings (SSSR count). The summed E-state index contributed by atoms with van der Waals surface area (Å²) in [4.78, 5) is 29.3. The van der Waals surface area contributed by atoms with E-state index in [2.05, 4.69) is 17.1 Å². The van der Waals surface area contributed by atoms with Crippen LogP contribution < -0.4 is 0 Å². The maximum Gasteiger partial charge on any atom is 0.335 e. The monoisotopic (exact) mass is 310 g/mol. The SMILES string of the molecule is CN(C(=O)c1cc(C(=O)O)ccn1)C1CCc2ccccc2C1. The van der Waals surface area contributed by atoms with Gasteiger partial charge in [-0.3, -0.25) is 9.78 Å². The van der Waals surface area contributed by atoms with Gasteiger partial charge < -0.3 is 10.0 Å². The van der Waals surface area contributed by atoms with Crippen LogP contribution in [0.4, 0.5) is 0 Å². The van der Waals surface area contributed by atoms with E-state index in [9.17, 15) is 9.59 Å². The third-order valence-electron chi connectivity index (χ3n) is 4.41. The second-order valence-corrected chi connectivity index (χ2v) is 5.82. The fraction of sp³-hybridized carbons (Fsp3) is 0.278. The van der Waals surface area contributed by atoms with Crippen LogP contribution in [-0.4, -0.2) is 40.0 Å². The number of hydrogen-bond donors (Lipinski definition) is 1. The van der Waals surface area contributed by atoms with E-state index in [0.29, 0.717) is 0 Å². The standard InChI is InChI=1S/C18H18N2O3/c1-20(15-7-6-12-4-2-3-5-13(12)10-15)17(21)16-11-14(18(22)23)8-9-19-16/h2-5,8-9,11,15H,6-7,10H2,1H3,(H,22,23). The molecule has 1 aromatic carbocycles. The van der Waals surface area contributed by atoms with Crippen LogP contribution in [0.25, 0.3) is 0 Å². The molecular weight excluding hydrogens is 292 g/mol. The third kappa shape index (κ3) is 3.08. The predicted octanol–water partition coefficient (Wildman–Crippen LogP) is 2.41. The molecule has 23 heavy (non-hydrogen) atoms. The van der Waals surface area contributed by atoms with Gasteiger partial charge in [-0.2, -0.15) is 0 Å². The van der Waals surface area contributed by atoms with E-state index in [1.807, 2.05) is 12.1 Å². The van der Waals surface area contributed by atoms with Gasteiger partial charge >= 0.3 is 5.97 Å². The number of rotatable bonds is 3. The Bertz CT molecular complexity index is 757. The normalized spacial score (nSPS) is 16.5. The molecule has 1 amide bonds. The molecule has 0 saturated heterocycles. The topological polar surface area (TPSA) is 70.5 Å². The first kappa shape index (κ1) is 15.2. The molecular formula is C18H18N2O3. The quantitative estimate of drug-likeness (QED) is 0.945. The van der Waals surface area contributed by atoms with Gasteiger partial charge in [0.1, 0.15) is 5.69 Å². The van der Waals surface area contributed by atoms with Crippen LogP contribution in [0, 0.1) is 0 Å². The zero-order valence-corrected chi connectivity index (χ0v) is 12.9. The molecule has 118 valence electrons. The molecule has 0 saturated carbocycles. The molecule has 0 bridgehead atoms. The van der Waals surface area contributed by atoms with Gasteiger partial charge in [0, 0.05) is 19.3 Å². The second kappa shape index (κ2) is 6.20. The number of likely N-dealkylation sites (N-methyl/N-ethyl adjacent to an activating group) is 1. The second-order valence-electron chi connectivity index (χ2n) is 5.82. The number of carboxylic acids is 1. The maximum atomic E-state index is 12.6. The van der Waals surface area contributed by atoms with Gasteiger partial charge in [0.2, 0.25) is 0 Å². The smallest absolute Gasteiger partial charge is 0.335 e. The first-order valence-electron chi connectivity index (χ1n) is 7.59. The fourth-order valence-corrected chi connectivity index (χ4v) is 3.04. The van der Waals surface area contributed by atoms with Gasteiger partial charge in [-0.25, -0.2) is 4.79 Å². The lowest BCUT2D eigenvalue weighted by atomic mass is 9.87. The van der Waals surface area contributed by atoms with Gasteiger partial charge in [-0.15, -0.1) is 0 Å². The molecule has 0 fully saturated rings. The molecule has 5 heteroatoms. The number of carbonyl (C=O) groups is 2. The van der Waals surface area contributed by atoms with Gasteiger partial charge in [0.15, 0.2) is 0 Å². The van der Waals surface area contributed by atoms with E-state index < -0.39 is 5.97 Å². The van der Waals surface area contributed by atoms with Crippen molar-refractivity contribution in [2.75, 3.05) is 7.05 Å². The van der Waals surface area contributed by atoms with Crippen molar-refractivity contribution < 1.29 is 14.7 Å². The zero-order chi connectivity index (χ0) is 16.4. The maximum absolute atomic E-state index is 12.6. The minimum absolute atomic E-state index is 0.0748. The average Bonchev–Trinajstić information content (AvgIpc) is 2.60. The molecule has 1 aromatic heterocycles. The van der Waals surface area contributed by atoms with Gasteiger partial charge in [0.25, 0.3) is 5.91 Å². The molecule has 1 aliphatic rings. The number of nitrogens with zero attached hydrogens (tertiary/aromatic N) is 2. The van der Waals surface area contributed by atoms with Gasteiger partial charge in [-0.1, -0.05) is 24.3 Å². The average molecular weight is 310 g/mol. The summed E-state index contributed by atoms with van der Waals surface area (Å²) < 4.78 is 0. The number of fused-ring (bicyclic) bond motifs is 1. The van der Waals surface area contributed by atoms with Crippen LogP contribution in [0.15, 0.2) is 42.6 Å². The lowest BCUT2D eigenvalue weighted by Gasteiger charge is -2.32. The van der Waals surface area contributed by atoms with E-state index in [4.69, 9.17) is 5.11 Å². The molecule has 1 aliphatic carbocycles. The van der Waals surface area contributed by atoms with Gasteiger partial charge in [-0.05, 0) is 42.5 Å². The largest absolute Gasteiger partial charge is 0.478 e. The van der Waals surface area contributed by atoms with Crippen LogP contribution in [0.3, 0.4) is 0 Å². The number of aromatic carboxylic acids is 1. The highest BCUT2D eigenvalue weighted by atomic mass is 16.4. The van der Waals surface area contributed by atoms with Crippen molar-refractivity contribution in [3.8, 4) is 0 Å². The number of carboxylic acid groups (broad SMARTS) is 1. The van der Waals surface area contributed by atoms with Crippen molar-refractivity contribution in [2.45, 2.75) is 25.3 Å². The molecule has 1 unspecified atom stereocenters. The Morgan fingerprint density at radius 1 is 1.22 bits per heavy atom. The summed E-state index contributed by atoms with van der Waals surface area (Å²) in [5.74, 6) is -1.30. The summed E-state index contributed by atoms with van der Waals surface area (Å²) in [7, 11) is 1.76. The number of pyridine rings is 1. The molecule has 5 nitrogen and oxygen atoms in total. The summed E-state index contributed by atoms with van der Waals surface area (Å²) in [6.07, 6.45) is 4.02. The zero-order valence-electron chi connectivity index (χ0n) is 12.9. The Labute approximate surface area is 134 Å². The number of hydrogen-bond acceptors (Lipinski definition) is 3. The van der Waals surface area contributed by atoms with Crippen LogP contribution in [0.2, 0.25) is 0 Å². The molecule has 1 heterocycles. The summed E-state index contributed by atoms with van der Waals surface area (Å²) in [6, 6.07) is 11.1. The highest BCUT2D eigenvalue weighted by Gasteiger charge is 2.26. The summed E-state index contributed by atoms with van der Waals surface area (Å²) in [6.45, 7) is 0. The van der Waals surface area contributed by atoms with Crippen LogP contribution in [0.1, 0.15) is 38.4 Å². The first-order chi connectivity index (χ1) is 11.1. The van der Waals surface area contributed by atoms with E-state index in [0.717, 1.165) is 19.3 Å². The van der Waals surface area contributed by atoms with Crippen molar-refractivity contribution in [1.82, 2.24) is 9.88 Å². The van der Waals surface area contributed by atoms with Crippen LogP contribution >= 0.6 is 0 Å². The Hall–Kier alpha value is -2.69. The highest BCUT2D eigenvalue weighted by molar-refractivity contribution is 5.95. The summed E-state index contributed by atoms with van der Waals surface area (Å²) >= 11 is 0. The van der Waals surface area contributed by atoms with Crippen molar-refractivity contribution in [3.63, 3.8) is 0 Å². The Balaban J connectivity index is 1.78. The minimum Gasteiger partial charge on any atom is -0.478 e. The molecule has 0 radical (unpaired) electrons. The number of amides is 1. The number of aryl methyl sites for hydroxylation is 1. The number of benzene rings is 1. The van der Waals surface area contributed by atoms with E-state index in [-0.39, 0.29) is 23.2 Å². The summed E-state index contributed by atoms with van der Waals surface area (Å²) in [5, 5.41) is 9.03. The fourth-order valence-electron chi connectivity index (χ4n) is 3.04. The lowest BCUT2D eigenvalue weighted by molar-refractivity contribution is 0.0696. The molecule has 0 aliphatic heterocycles. The number of carbonyl (C=O) groups excluding carboxylic acids is 1. The minimum atomic E-state index is -1.06. The van der Waals surface area contributed by atoms with Crippen LogP contribution in [0.5, 0.6) is 0 Å². The van der Waals surface area contributed by atoms with Crippen LogP contribution in [-0.2, 0) is 12.8 Å². The molecule has 2 aromatic rings.